The average molecular weight is 1230 g/mol. The van der Waals surface area contributed by atoms with Crippen molar-refractivity contribution in [2.24, 2.45) is 50.2 Å². The maximum absolute atomic E-state index is 13.5. The zero-order valence-corrected chi connectivity index (χ0v) is 50.3. The summed E-state index contributed by atoms with van der Waals surface area (Å²) in [6.07, 6.45) is -34.0. The second-order valence-corrected chi connectivity index (χ2v) is 27.6. The van der Waals surface area contributed by atoms with Gasteiger partial charge in [-0.15, -0.1) is 0 Å². The molecule has 0 aromatic carbocycles. The minimum absolute atomic E-state index is 0.181. The van der Waals surface area contributed by atoms with Gasteiger partial charge in [-0.2, -0.15) is 0 Å². The SMILES string of the molecule is C/C=C(\C)C(=O)O[C@H]1[C@H](OC(C)=O)[C@]2(CO)[C@H](O)[C@H](O)[C@]3(C)C(=CCC4[C@@]5(C)CC[C@H](O[C@@H]6O[C@H](C(=O)O)[C@@H](O)[C@H](O[C@@H]7OC[C@H](O)[C@H](O[C@@H]8OC[C@H](O)[C@H](O)[C@H]8O)[C@H]7O)[C@H]6O[C@@H]6O[C@H](CO)[C@@H](O)[C@H](O)[C@H]6O)C(C)(C)C5CC[C@]43C)[C@@H]2CC1(C)C. The Hall–Kier alpha value is -2.95. The van der Waals surface area contributed by atoms with Crippen molar-refractivity contribution in [3.05, 3.63) is 23.3 Å². The number of aliphatic hydroxyl groups is 13. The van der Waals surface area contributed by atoms with Crippen LogP contribution in [-0.2, 0) is 61.8 Å². The molecule has 9 aliphatic rings. The van der Waals surface area contributed by atoms with E-state index < -0.39 is 224 Å². The zero-order chi connectivity index (χ0) is 63.5. The molecule has 4 saturated heterocycles. The van der Waals surface area contributed by atoms with E-state index in [-0.39, 0.29) is 24.7 Å². The van der Waals surface area contributed by atoms with Crippen LogP contribution >= 0.6 is 0 Å². The number of carboxylic acids is 1. The summed E-state index contributed by atoms with van der Waals surface area (Å²) in [5.41, 5.74) is -4.78. The molecule has 0 amide bonds. The topological polar surface area (TPSA) is 427 Å². The van der Waals surface area contributed by atoms with Crippen LogP contribution in [0, 0.1) is 50.2 Å². The van der Waals surface area contributed by atoms with Crippen molar-refractivity contribution in [3.63, 3.8) is 0 Å². The van der Waals surface area contributed by atoms with Crippen LogP contribution in [0.4, 0.5) is 0 Å². The zero-order valence-electron chi connectivity index (χ0n) is 50.3. The third-order valence-electron chi connectivity index (χ3n) is 22.3. The Labute approximate surface area is 498 Å². The Balaban J connectivity index is 1.03. The molecule has 2 unspecified atom stereocenters. The summed E-state index contributed by atoms with van der Waals surface area (Å²) in [6, 6.07) is 0. The highest BCUT2D eigenvalue weighted by Crippen LogP contribution is 2.76. The lowest BCUT2D eigenvalue weighted by Crippen LogP contribution is -2.76. The van der Waals surface area contributed by atoms with Crippen molar-refractivity contribution in [1.82, 2.24) is 0 Å². The van der Waals surface area contributed by atoms with Crippen molar-refractivity contribution < 1.29 is 133 Å². The van der Waals surface area contributed by atoms with Gasteiger partial charge in [-0.05, 0) is 86.4 Å². The molecular weight excluding hydrogens is 1140 g/mol. The van der Waals surface area contributed by atoms with Gasteiger partial charge in [0.1, 0.15) is 85.5 Å². The number of hydrogen-bond donors (Lipinski definition) is 14. The number of aliphatic carboxylic acids is 1. The Morgan fingerprint density at radius 2 is 1.26 bits per heavy atom. The van der Waals surface area contributed by atoms with Gasteiger partial charge in [0.15, 0.2) is 37.4 Å². The van der Waals surface area contributed by atoms with E-state index in [2.05, 4.69) is 19.9 Å². The maximum Gasteiger partial charge on any atom is 0.335 e. The van der Waals surface area contributed by atoms with E-state index in [1.165, 1.54) is 6.92 Å². The van der Waals surface area contributed by atoms with Gasteiger partial charge < -0.3 is 119 Å². The van der Waals surface area contributed by atoms with Crippen molar-refractivity contribution in [2.75, 3.05) is 26.4 Å². The Bertz CT molecular complexity index is 2530. The minimum atomic E-state index is -2.22. The number of rotatable bonds is 14. The largest absolute Gasteiger partial charge is 0.479 e. The summed E-state index contributed by atoms with van der Waals surface area (Å²) >= 11 is 0. The number of fused-ring (bicyclic) bond motifs is 7. The fourth-order valence-corrected chi connectivity index (χ4v) is 17.2. The quantitative estimate of drug-likeness (QED) is 0.0379. The van der Waals surface area contributed by atoms with E-state index in [4.69, 9.17) is 47.4 Å². The average Bonchev–Trinajstić information content (AvgIpc) is 0.665. The molecule has 4 heterocycles. The first-order valence-corrected chi connectivity index (χ1v) is 29.9. The van der Waals surface area contributed by atoms with Crippen molar-refractivity contribution in [1.29, 1.82) is 0 Å². The summed E-state index contributed by atoms with van der Waals surface area (Å²) in [7, 11) is 0. The first kappa shape index (κ1) is 67.4. The summed E-state index contributed by atoms with van der Waals surface area (Å²) in [6.45, 7) is 15.8. The van der Waals surface area contributed by atoms with E-state index in [1.807, 2.05) is 34.6 Å². The van der Waals surface area contributed by atoms with Gasteiger partial charge in [-0.25, -0.2) is 9.59 Å². The smallest absolute Gasteiger partial charge is 0.335 e. The lowest BCUT2D eigenvalue weighted by atomic mass is 9.32. The van der Waals surface area contributed by atoms with Gasteiger partial charge in [0.05, 0.1) is 50.2 Å². The second-order valence-electron chi connectivity index (χ2n) is 27.6. The molecule has 0 aromatic heterocycles. The van der Waals surface area contributed by atoms with Gasteiger partial charge in [-0.3, -0.25) is 4.79 Å². The summed E-state index contributed by atoms with van der Waals surface area (Å²) < 4.78 is 60.2. The van der Waals surface area contributed by atoms with Crippen LogP contribution in [0.5, 0.6) is 0 Å². The Morgan fingerprint density at radius 1 is 0.640 bits per heavy atom. The van der Waals surface area contributed by atoms with E-state index in [9.17, 15) is 85.9 Å². The normalized spacial score (nSPS) is 50.9. The first-order chi connectivity index (χ1) is 40.1. The predicted octanol–water partition coefficient (Wildman–Crippen LogP) is -2.22. The lowest BCUT2D eigenvalue weighted by molar-refractivity contribution is -0.396. The molecule has 0 bridgehead atoms. The van der Waals surface area contributed by atoms with E-state index in [0.29, 0.717) is 31.3 Å². The highest BCUT2D eigenvalue weighted by Gasteiger charge is 2.76. The fraction of sp³-hybridized carbons (Fsp3) is 0.881. The highest BCUT2D eigenvalue weighted by atomic mass is 16.8. The molecule has 0 radical (unpaired) electrons. The monoisotopic (exact) mass is 1230 g/mol. The molecule has 8 fully saturated rings. The van der Waals surface area contributed by atoms with E-state index in [0.717, 1.165) is 5.57 Å². The summed E-state index contributed by atoms with van der Waals surface area (Å²) in [4.78, 5) is 39.6. The number of ether oxygens (including phenoxy) is 10. The molecule has 5 aliphatic carbocycles. The number of carbonyl (C=O) groups excluding carboxylic acids is 2. The van der Waals surface area contributed by atoms with Crippen LogP contribution in [0.1, 0.15) is 108 Å². The van der Waals surface area contributed by atoms with E-state index in [1.54, 1.807) is 19.9 Å². The van der Waals surface area contributed by atoms with Crippen LogP contribution in [0.15, 0.2) is 23.3 Å². The highest BCUT2D eigenvalue weighted by molar-refractivity contribution is 5.87. The molecule has 4 saturated carbocycles. The van der Waals surface area contributed by atoms with Crippen LogP contribution in [0.25, 0.3) is 0 Å². The van der Waals surface area contributed by atoms with Crippen molar-refractivity contribution in [2.45, 2.75) is 249 Å². The van der Waals surface area contributed by atoms with Crippen LogP contribution < -0.4 is 0 Å². The van der Waals surface area contributed by atoms with Gasteiger partial charge in [0.2, 0.25) is 0 Å². The number of esters is 2. The third kappa shape index (κ3) is 10.8. The number of hydrogen-bond acceptors (Lipinski definition) is 26. The predicted molar refractivity (Wildman–Crippen MR) is 290 cm³/mol. The fourth-order valence-electron chi connectivity index (χ4n) is 17.2. The molecule has 0 spiro atoms. The van der Waals surface area contributed by atoms with Crippen LogP contribution in [0.3, 0.4) is 0 Å². The van der Waals surface area contributed by atoms with Gasteiger partial charge >= 0.3 is 17.9 Å². The molecule has 27 nitrogen and oxygen atoms in total. The maximum atomic E-state index is 13.5. The molecule has 9 rings (SSSR count). The Morgan fingerprint density at radius 3 is 1.87 bits per heavy atom. The van der Waals surface area contributed by atoms with Crippen molar-refractivity contribution in [3.8, 4) is 0 Å². The van der Waals surface area contributed by atoms with Gasteiger partial charge in [-0.1, -0.05) is 66.2 Å². The number of aliphatic hydroxyl groups excluding tert-OH is 13. The summed E-state index contributed by atoms with van der Waals surface area (Å²) in [5.74, 6) is -4.14. The second kappa shape index (κ2) is 24.6. The first-order valence-electron chi connectivity index (χ1n) is 29.9. The van der Waals surface area contributed by atoms with Gasteiger partial charge in [0, 0.05) is 23.3 Å². The molecule has 14 N–H and O–H groups in total. The minimum Gasteiger partial charge on any atom is -0.479 e. The van der Waals surface area contributed by atoms with Gasteiger partial charge in [0.25, 0.3) is 0 Å². The third-order valence-corrected chi connectivity index (χ3v) is 22.3. The molecule has 4 aliphatic heterocycles. The molecule has 86 heavy (non-hydrogen) atoms. The number of carbonyl (C=O) groups is 3. The standard InChI is InChI=1S/C59H92O27/c1-11-23(2)49(76)86-46-47(79-24(3)62)59(22-61)26(18-54(46,4)5)25-12-13-31-56(8)16-15-32(55(6,7)30(56)14-17-57(31,9)58(25,10)44(72)45(59)73)81-53-43(85-52-37(69)35(67)34(66)29(19-60)80-52)41(38(70)42(84-53)48(74)75)83-51-39(71)40(28(64)21-78-51)82-50-36(68)33(65)27(63)20-77-50/h11-12,26-47,50-53,60-61,63-73H,13-22H2,1-10H3,(H,74,75)/b23-11+/t26-,27-,28-,29+,30?,31?,32-,33-,34+,35-,36+,37+,38-,39+,40-,41-,42-,43+,44-,45+,46-,47-,50-,51-,52-,53+,56-,57+,58-,59-/m0/s1. The number of carboxylic acid groups (broad SMARTS) is 1. The Kier molecular flexibility index (Phi) is 19.3. The van der Waals surface area contributed by atoms with Crippen LogP contribution in [-0.4, -0.2) is 257 Å². The lowest BCUT2D eigenvalue weighted by Gasteiger charge is -2.73. The molecule has 490 valence electrons. The molecule has 0 aromatic rings. The molecule has 27 heteroatoms. The van der Waals surface area contributed by atoms with E-state index >= 15 is 0 Å². The molecule has 30 atom stereocenters. The number of allylic oxidation sites excluding steroid dienone is 2. The van der Waals surface area contributed by atoms with Crippen LogP contribution in [0.2, 0.25) is 0 Å². The summed E-state index contributed by atoms with van der Waals surface area (Å²) in [5, 5.41) is 157. The van der Waals surface area contributed by atoms with Crippen molar-refractivity contribution >= 4 is 17.9 Å². The molecular formula is C59H92O27.